The molecule has 1 aliphatic heterocycles. The molecule has 0 fully saturated rings. The van der Waals surface area contributed by atoms with Crippen LogP contribution in [0.2, 0.25) is 0 Å². The van der Waals surface area contributed by atoms with Crippen molar-refractivity contribution in [3.63, 3.8) is 0 Å². The van der Waals surface area contributed by atoms with E-state index < -0.39 is 5.82 Å². The number of Topliss-reactive ketones (excluding diaryl/α,β-unsaturated/α-hetero) is 1. The maximum Gasteiger partial charge on any atom is 0.321 e. The van der Waals surface area contributed by atoms with Gasteiger partial charge in [0.25, 0.3) is 0 Å². The third-order valence-electron chi connectivity index (χ3n) is 2.88. The number of urea groups is 1. The summed E-state index contributed by atoms with van der Waals surface area (Å²) in [6, 6.07) is 3.69. The molecule has 0 saturated carbocycles. The molecule has 5 heteroatoms. The van der Waals surface area contributed by atoms with Crippen molar-refractivity contribution < 1.29 is 14.0 Å². The average molecular weight is 250 g/mol. The fraction of sp³-hybridized carbons (Fsp3) is 0.385. The first-order valence-electron chi connectivity index (χ1n) is 6.01. The van der Waals surface area contributed by atoms with Crippen LogP contribution in [-0.2, 0) is 0 Å². The third kappa shape index (κ3) is 2.34. The SMILES string of the molecule is CCCNC(=O)N1CCC(=O)c2cc(F)ccc21. The van der Waals surface area contributed by atoms with Gasteiger partial charge in [-0.05, 0) is 24.6 Å². The zero-order valence-corrected chi connectivity index (χ0v) is 10.2. The molecule has 2 rings (SSSR count). The largest absolute Gasteiger partial charge is 0.338 e. The molecule has 4 nitrogen and oxygen atoms in total. The Kier molecular flexibility index (Phi) is 3.60. The molecule has 0 spiro atoms. The topological polar surface area (TPSA) is 49.4 Å². The molecule has 0 aromatic heterocycles. The van der Waals surface area contributed by atoms with Gasteiger partial charge in [-0.1, -0.05) is 6.92 Å². The molecule has 1 aromatic carbocycles. The van der Waals surface area contributed by atoms with Gasteiger partial charge in [0.2, 0.25) is 0 Å². The standard InChI is InChI=1S/C13H15FN2O2/c1-2-6-15-13(18)16-7-5-12(17)10-8-9(14)3-4-11(10)16/h3-4,8H,2,5-7H2,1H3,(H,15,18). The summed E-state index contributed by atoms with van der Waals surface area (Å²) in [7, 11) is 0. The van der Waals surface area contributed by atoms with E-state index in [0.717, 1.165) is 6.42 Å². The van der Waals surface area contributed by atoms with Crippen molar-refractivity contribution in [3.8, 4) is 0 Å². The average Bonchev–Trinajstić information content (AvgIpc) is 2.37. The van der Waals surface area contributed by atoms with E-state index in [1.54, 1.807) is 0 Å². The molecular weight excluding hydrogens is 235 g/mol. The van der Waals surface area contributed by atoms with Gasteiger partial charge in [-0.3, -0.25) is 9.69 Å². The van der Waals surface area contributed by atoms with Crippen molar-refractivity contribution in [1.29, 1.82) is 0 Å². The summed E-state index contributed by atoms with van der Waals surface area (Å²) < 4.78 is 13.1. The molecule has 0 unspecified atom stereocenters. The van der Waals surface area contributed by atoms with Gasteiger partial charge in [0.15, 0.2) is 5.78 Å². The Morgan fingerprint density at radius 2 is 2.28 bits per heavy atom. The molecule has 0 radical (unpaired) electrons. The monoisotopic (exact) mass is 250 g/mol. The molecule has 96 valence electrons. The first-order chi connectivity index (χ1) is 8.63. The molecule has 1 heterocycles. The third-order valence-corrected chi connectivity index (χ3v) is 2.88. The summed E-state index contributed by atoms with van der Waals surface area (Å²) in [5, 5.41) is 2.75. The van der Waals surface area contributed by atoms with E-state index in [0.29, 0.717) is 18.8 Å². The lowest BCUT2D eigenvalue weighted by molar-refractivity contribution is 0.0980. The number of anilines is 1. The first kappa shape index (κ1) is 12.5. The number of nitrogens with zero attached hydrogens (tertiary/aromatic N) is 1. The highest BCUT2D eigenvalue weighted by Gasteiger charge is 2.27. The van der Waals surface area contributed by atoms with Crippen molar-refractivity contribution in [2.45, 2.75) is 19.8 Å². The van der Waals surface area contributed by atoms with Crippen LogP contribution in [0.15, 0.2) is 18.2 Å². The van der Waals surface area contributed by atoms with Crippen LogP contribution < -0.4 is 10.2 Å². The Hall–Kier alpha value is -1.91. The fourth-order valence-electron chi connectivity index (χ4n) is 1.97. The highest BCUT2D eigenvalue weighted by atomic mass is 19.1. The van der Waals surface area contributed by atoms with E-state index in [-0.39, 0.29) is 23.8 Å². The van der Waals surface area contributed by atoms with E-state index in [1.807, 2.05) is 6.92 Å². The van der Waals surface area contributed by atoms with Crippen LogP contribution in [-0.4, -0.2) is 24.9 Å². The van der Waals surface area contributed by atoms with Crippen molar-refractivity contribution in [2.75, 3.05) is 18.0 Å². The van der Waals surface area contributed by atoms with Crippen LogP contribution in [0.5, 0.6) is 0 Å². The van der Waals surface area contributed by atoms with E-state index in [9.17, 15) is 14.0 Å². The molecule has 18 heavy (non-hydrogen) atoms. The van der Waals surface area contributed by atoms with Crippen LogP contribution in [0.1, 0.15) is 30.1 Å². The maximum absolute atomic E-state index is 13.1. The fourth-order valence-corrected chi connectivity index (χ4v) is 1.97. The lowest BCUT2D eigenvalue weighted by atomic mass is 10.0. The van der Waals surface area contributed by atoms with Gasteiger partial charge in [0, 0.05) is 25.1 Å². The number of halogens is 1. The number of fused-ring (bicyclic) bond motifs is 1. The van der Waals surface area contributed by atoms with E-state index in [2.05, 4.69) is 5.32 Å². The molecule has 0 saturated heterocycles. The Morgan fingerprint density at radius 3 is 3.00 bits per heavy atom. The number of benzene rings is 1. The van der Waals surface area contributed by atoms with Gasteiger partial charge in [-0.15, -0.1) is 0 Å². The maximum atomic E-state index is 13.1. The summed E-state index contributed by atoms with van der Waals surface area (Å²) in [5.74, 6) is -0.582. The Balaban J connectivity index is 2.29. The highest BCUT2D eigenvalue weighted by molar-refractivity contribution is 6.08. The molecule has 0 aliphatic carbocycles. The van der Waals surface area contributed by atoms with Gasteiger partial charge in [-0.25, -0.2) is 9.18 Å². The lowest BCUT2D eigenvalue weighted by Gasteiger charge is -2.28. The van der Waals surface area contributed by atoms with Gasteiger partial charge in [-0.2, -0.15) is 0 Å². The second kappa shape index (κ2) is 5.16. The lowest BCUT2D eigenvalue weighted by Crippen LogP contribution is -2.44. The smallest absolute Gasteiger partial charge is 0.321 e. The molecule has 1 aromatic rings. The Bertz CT molecular complexity index is 488. The minimum absolute atomic E-state index is 0.121. The predicted molar refractivity (Wildman–Crippen MR) is 66.4 cm³/mol. The number of ketones is 1. The van der Waals surface area contributed by atoms with Gasteiger partial charge in [0.1, 0.15) is 5.82 Å². The van der Waals surface area contributed by atoms with Crippen molar-refractivity contribution in [1.82, 2.24) is 5.32 Å². The van der Waals surface area contributed by atoms with Crippen LogP contribution >= 0.6 is 0 Å². The summed E-state index contributed by atoms with van der Waals surface area (Å²) >= 11 is 0. The van der Waals surface area contributed by atoms with Crippen LogP contribution in [0, 0.1) is 5.82 Å². The number of hydrogen-bond donors (Lipinski definition) is 1. The Labute approximate surface area is 105 Å². The molecule has 2 amide bonds. The number of rotatable bonds is 2. The normalized spacial score (nSPS) is 14.3. The minimum atomic E-state index is -0.460. The molecule has 0 atom stereocenters. The minimum Gasteiger partial charge on any atom is -0.338 e. The number of nitrogens with one attached hydrogen (secondary N) is 1. The van der Waals surface area contributed by atoms with Crippen LogP contribution in [0.25, 0.3) is 0 Å². The molecule has 0 bridgehead atoms. The summed E-state index contributed by atoms with van der Waals surface area (Å²) in [6.45, 7) is 2.89. The zero-order chi connectivity index (χ0) is 13.1. The van der Waals surface area contributed by atoms with Crippen LogP contribution in [0.3, 0.4) is 0 Å². The van der Waals surface area contributed by atoms with E-state index >= 15 is 0 Å². The number of carbonyl (C=O) groups excluding carboxylic acids is 2. The molecule has 1 N–H and O–H groups in total. The van der Waals surface area contributed by atoms with Gasteiger partial charge < -0.3 is 5.32 Å². The summed E-state index contributed by atoms with van der Waals surface area (Å²) in [4.78, 5) is 25.1. The van der Waals surface area contributed by atoms with E-state index in [4.69, 9.17) is 0 Å². The van der Waals surface area contributed by atoms with Crippen LogP contribution in [0.4, 0.5) is 14.9 Å². The summed E-state index contributed by atoms with van der Waals surface area (Å²) in [5.41, 5.74) is 0.772. The summed E-state index contributed by atoms with van der Waals surface area (Å²) in [6.07, 6.45) is 1.07. The zero-order valence-electron chi connectivity index (χ0n) is 10.2. The number of hydrogen-bond acceptors (Lipinski definition) is 2. The number of carbonyl (C=O) groups is 2. The van der Waals surface area contributed by atoms with Gasteiger partial charge in [0.05, 0.1) is 5.69 Å². The highest BCUT2D eigenvalue weighted by Crippen LogP contribution is 2.27. The number of amides is 2. The quantitative estimate of drug-likeness (QED) is 0.875. The second-order valence-electron chi connectivity index (χ2n) is 4.22. The van der Waals surface area contributed by atoms with Crippen molar-refractivity contribution in [3.05, 3.63) is 29.6 Å². The molecule has 1 aliphatic rings. The van der Waals surface area contributed by atoms with Crippen molar-refractivity contribution >= 4 is 17.5 Å². The van der Waals surface area contributed by atoms with Crippen molar-refractivity contribution in [2.24, 2.45) is 0 Å². The molecular formula is C13H15FN2O2. The van der Waals surface area contributed by atoms with E-state index in [1.165, 1.54) is 23.1 Å². The predicted octanol–water partition coefficient (Wildman–Crippen LogP) is 2.34. The second-order valence-corrected chi connectivity index (χ2v) is 4.22. The Morgan fingerprint density at radius 1 is 1.50 bits per heavy atom. The first-order valence-corrected chi connectivity index (χ1v) is 6.01. The van der Waals surface area contributed by atoms with Gasteiger partial charge >= 0.3 is 6.03 Å².